The lowest BCUT2D eigenvalue weighted by atomic mass is 9.87. The monoisotopic (exact) mass is 305 g/mol. The molecule has 2 aromatic heterocycles. The van der Waals surface area contributed by atoms with Crippen molar-refractivity contribution in [3.8, 4) is 5.88 Å². The first-order valence-electron chi connectivity index (χ1n) is 6.60. The number of nitrogens with zero attached hydrogens (tertiary/aromatic N) is 5. The summed E-state index contributed by atoms with van der Waals surface area (Å²) in [6, 6.07) is 1.75. The Balaban J connectivity index is 2.79. The second-order valence-electron chi connectivity index (χ2n) is 4.95. The number of ether oxygens (including phenoxy) is 1. The van der Waals surface area contributed by atoms with Crippen LogP contribution in [0.15, 0.2) is 23.6 Å². The Hall–Kier alpha value is -2.04. The molecule has 6 nitrogen and oxygen atoms in total. The van der Waals surface area contributed by atoms with E-state index >= 15 is 0 Å². The minimum Gasteiger partial charge on any atom is -0.481 e. The molecule has 21 heavy (non-hydrogen) atoms. The third-order valence-corrected chi connectivity index (χ3v) is 3.68. The second kappa shape index (κ2) is 6.16. The Morgan fingerprint density at radius 3 is 2.76 bits per heavy atom. The molecule has 1 unspecified atom stereocenters. The molecule has 7 heteroatoms. The van der Waals surface area contributed by atoms with Crippen LogP contribution in [0.2, 0.25) is 5.15 Å². The Bertz CT molecular complexity index is 714. The molecule has 2 rings (SSSR count). The van der Waals surface area contributed by atoms with E-state index in [1.54, 1.807) is 25.6 Å². The van der Waals surface area contributed by atoms with Gasteiger partial charge in [-0.25, -0.2) is 9.97 Å². The van der Waals surface area contributed by atoms with Gasteiger partial charge in [0, 0.05) is 17.3 Å². The van der Waals surface area contributed by atoms with E-state index in [0.717, 1.165) is 22.8 Å². The molecule has 0 fully saturated rings. The summed E-state index contributed by atoms with van der Waals surface area (Å²) < 4.78 is 5.26. The minimum absolute atomic E-state index is 0.372. The lowest BCUT2D eigenvalue weighted by Crippen LogP contribution is -2.19. The van der Waals surface area contributed by atoms with E-state index in [4.69, 9.17) is 21.9 Å². The van der Waals surface area contributed by atoms with Crippen LogP contribution in [0.4, 0.5) is 0 Å². The van der Waals surface area contributed by atoms with Crippen LogP contribution in [-0.2, 0) is 5.54 Å². The third kappa shape index (κ3) is 2.86. The van der Waals surface area contributed by atoms with Gasteiger partial charge in [0.15, 0.2) is 0 Å². The lowest BCUT2D eigenvalue weighted by Gasteiger charge is -2.25. The number of fused-ring (bicyclic) bond motifs is 1. The highest BCUT2D eigenvalue weighted by molar-refractivity contribution is 6.30. The van der Waals surface area contributed by atoms with Gasteiger partial charge in [0.1, 0.15) is 5.15 Å². The molecule has 0 aliphatic heterocycles. The number of aromatic nitrogens is 2. The largest absolute Gasteiger partial charge is 0.481 e. The highest BCUT2D eigenvalue weighted by Crippen LogP contribution is 2.38. The average Bonchev–Trinajstić information content (AvgIpc) is 2.46. The van der Waals surface area contributed by atoms with Crippen molar-refractivity contribution < 1.29 is 4.74 Å². The molecule has 0 saturated heterocycles. The smallest absolute Gasteiger partial charge is 0.222 e. The van der Waals surface area contributed by atoms with Crippen LogP contribution < -0.4 is 4.74 Å². The number of rotatable bonds is 5. The predicted octanol–water partition coefficient (Wildman–Crippen LogP) is 4.62. The Labute approximate surface area is 127 Å². The average molecular weight is 306 g/mol. The highest BCUT2D eigenvalue weighted by Gasteiger charge is 2.28. The molecule has 0 aliphatic carbocycles. The normalized spacial score (nSPS) is 13.5. The Morgan fingerprint density at radius 1 is 1.38 bits per heavy atom. The van der Waals surface area contributed by atoms with Crippen LogP contribution >= 0.6 is 11.6 Å². The van der Waals surface area contributed by atoms with Crippen LogP contribution in [-0.4, -0.2) is 17.1 Å². The zero-order valence-electron chi connectivity index (χ0n) is 12.2. The molecule has 0 bridgehead atoms. The number of methoxy groups -OCH3 is 1. The predicted molar refractivity (Wildman–Crippen MR) is 82.5 cm³/mol. The number of hydrogen-bond acceptors (Lipinski definition) is 4. The van der Waals surface area contributed by atoms with Crippen molar-refractivity contribution >= 4 is 22.4 Å². The number of halogens is 1. The van der Waals surface area contributed by atoms with Crippen molar-refractivity contribution in [3.05, 3.63) is 39.6 Å². The summed E-state index contributed by atoms with van der Waals surface area (Å²) in [5, 5.41) is 5.94. The first-order chi connectivity index (χ1) is 10.1. The summed E-state index contributed by atoms with van der Waals surface area (Å²) in [5.74, 6) is 0.470. The molecular formula is C14H16ClN5O. The van der Waals surface area contributed by atoms with Crippen LogP contribution in [0.25, 0.3) is 21.2 Å². The number of azide groups is 1. The summed E-state index contributed by atoms with van der Waals surface area (Å²) >= 11 is 6.01. The molecule has 110 valence electrons. The van der Waals surface area contributed by atoms with Gasteiger partial charge in [-0.15, -0.1) is 0 Å². The molecule has 0 N–H and O–H groups in total. The van der Waals surface area contributed by atoms with Crippen molar-refractivity contribution in [1.82, 2.24) is 9.97 Å². The van der Waals surface area contributed by atoms with Gasteiger partial charge in [-0.3, -0.25) is 0 Å². The fourth-order valence-corrected chi connectivity index (χ4v) is 2.66. The zero-order valence-corrected chi connectivity index (χ0v) is 12.9. The van der Waals surface area contributed by atoms with Crippen molar-refractivity contribution in [2.24, 2.45) is 5.11 Å². The molecule has 0 aromatic carbocycles. The Kier molecular flexibility index (Phi) is 4.50. The highest BCUT2D eigenvalue weighted by atomic mass is 35.5. The molecule has 0 saturated carbocycles. The third-order valence-electron chi connectivity index (χ3n) is 3.48. The van der Waals surface area contributed by atoms with Crippen LogP contribution in [0.1, 0.15) is 32.3 Å². The molecular weight excluding hydrogens is 290 g/mol. The summed E-state index contributed by atoms with van der Waals surface area (Å²) in [5.41, 5.74) is 9.02. The molecule has 0 aliphatic rings. The van der Waals surface area contributed by atoms with E-state index in [0.29, 0.717) is 17.5 Å². The number of pyridine rings is 2. The molecule has 1 atom stereocenters. The lowest BCUT2D eigenvalue weighted by molar-refractivity contribution is 0.400. The fourth-order valence-electron chi connectivity index (χ4n) is 2.50. The van der Waals surface area contributed by atoms with Crippen LogP contribution in [0.5, 0.6) is 5.88 Å². The molecule has 0 amide bonds. The van der Waals surface area contributed by atoms with E-state index in [1.165, 1.54) is 0 Å². The van der Waals surface area contributed by atoms with Gasteiger partial charge in [-0.05, 0) is 35.9 Å². The van der Waals surface area contributed by atoms with E-state index in [9.17, 15) is 0 Å². The maximum atomic E-state index is 8.89. The van der Waals surface area contributed by atoms with Crippen molar-refractivity contribution in [2.75, 3.05) is 7.11 Å². The van der Waals surface area contributed by atoms with E-state index in [1.807, 2.05) is 13.8 Å². The maximum absolute atomic E-state index is 8.89. The summed E-state index contributed by atoms with van der Waals surface area (Å²) in [7, 11) is 1.55. The summed E-state index contributed by atoms with van der Waals surface area (Å²) in [4.78, 5) is 11.4. The standard InChI is InChI=1S/C14H16ClN5O/c1-4-5-14(2,19-20-16)11-8-18-13(21-3)10-7-17-12(15)6-9(10)11/h6-8H,4-5H2,1-3H3. The maximum Gasteiger partial charge on any atom is 0.222 e. The molecule has 2 heterocycles. The van der Waals surface area contributed by atoms with Gasteiger partial charge in [0.2, 0.25) is 5.88 Å². The van der Waals surface area contributed by atoms with Gasteiger partial charge < -0.3 is 4.74 Å². The fraction of sp³-hybridized carbons (Fsp3) is 0.429. The summed E-state index contributed by atoms with van der Waals surface area (Å²) in [6.07, 6.45) is 4.89. The topological polar surface area (TPSA) is 83.8 Å². The van der Waals surface area contributed by atoms with Gasteiger partial charge in [0.25, 0.3) is 0 Å². The van der Waals surface area contributed by atoms with Gasteiger partial charge in [-0.1, -0.05) is 30.1 Å². The van der Waals surface area contributed by atoms with E-state index in [2.05, 4.69) is 20.0 Å². The summed E-state index contributed by atoms with van der Waals surface area (Å²) in [6.45, 7) is 3.94. The number of hydrogen-bond donors (Lipinski definition) is 0. The van der Waals surface area contributed by atoms with Gasteiger partial charge in [0.05, 0.1) is 18.0 Å². The van der Waals surface area contributed by atoms with Crippen molar-refractivity contribution in [3.63, 3.8) is 0 Å². The van der Waals surface area contributed by atoms with E-state index in [-0.39, 0.29) is 0 Å². The first-order valence-corrected chi connectivity index (χ1v) is 6.98. The molecule has 2 aromatic rings. The quantitative estimate of drug-likeness (QED) is 0.350. The van der Waals surface area contributed by atoms with E-state index < -0.39 is 5.54 Å². The minimum atomic E-state index is -0.689. The second-order valence-corrected chi connectivity index (χ2v) is 5.33. The van der Waals surface area contributed by atoms with Crippen LogP contribution in [0.3, 0.4) is 0 Å². The zero-order chi connectivity index (χ0) is 15.5. The van der Waals surface area contributed by atoms with Gasteiger partial charge in [-0.2, -0.15) is 0 Å². The van der Waals surface area contributed by atoms with Crippen molar-refractivity contribution in [1.29, 1.82) is 0 Å². The van der Waals surface area contributed by atoms with Gasteiger partial charge >= 0.3 is 0 Å². The molecule has 0 radical (unpaired) electrons. The van der Waals surface area contributed by atoms with Crippen molar-refractivity contribution in [2.45, 2.75) is 32.2 Å². The SMILES string of the molecule is CCCC(C)(N=[N+]=[N-])c1cnc(OC)c2cnc(Cl)cc12. The van der Waals surface area contributed by atoms with Crippen LogP contribution in [0, 0.1) is 0 Å². The first kappa shape index (κ1) is 15.4. The molecule has 0 spiro atoms. The Morgan fingerprint density at radius 2 is 2.14 bits per heavy atom.